The minimum Gasteiger partial charge on any atom is -0.382 e. The highest BCUT2D eigenvalue weighted by atomic mass is 32.1. The van der Waals surface area contributed by atoms with Crippen LogP contribution in [0.1, 0.15) is 17.0 Å². The Morgan fingerprint density at radius 3 is 3.00 bits per heavy atom. The summed E-state index contributed by atoms with van der Waals surface area (Å²) in [6, 6.07) is 0.361. The Labute approximate surface area is 141 Å². The van der Waals surface area contributed by atoms with Gasteiger partial charge in [0.1, 0.15) is 5.01 Å². The van der Waals surface area contributed by atoms with Crippen molar-refractivity contribution >= 4 is 11.3 Å². The number of nitrogens with zero attached hydrogens (tertiary/aromatic N) is 4. The molecule has 2 aromatic heterocycles. The van der Waals surface area contributed by atoms with Crippen molar-refractivity contribution in [1.29, 1.82) is 0 Å². The first-order valence-corrected chi connectivity index (χ1v) is 8.84. The van der Waals surface area contributed by atoms with Crippen LogP contribution in [0.4, 0.5) is 0 Å². The fourth-order valence-corrected chi connectivity index (χ4v) is 3.78. The van der Waals surface area contributed by atoms with Crippen LogP contribution >= 0.6 is 11.3 Å². The molecule has 1 aliphatic rings. The van der Waals surface area contributed by atoms with Crippen LogP contribution in [0, 0.1) is 0 Å². The van der Waals surface area contributed by atoms with Gasteiger partial charge in [0, 0.05) is 44.5 Å². The molecule has 1 saturated heterocycles. The van der Waals surface area contributed by atoms with Crippen LogP contribution in [-0.4, -0.2) is 58.7 Å². The van der Waals surface area contributed by atoms with E-state index in [1.54, 1.807) is 18.4 Å². The molecule has 23 heavy (non-hydrogen) atoms. The van der Waals surface area contributed by atoms with Gasteiger partial charge in [-0.3, -0.25) is 9.58 Å². The van der Waals surface area contributed by atoms with Gasteiger partial charge in [-0.05, 0) is 18.4 Å². The van der Waals surface area contributed by atoms with Crippen LogP contribution in [0.5, 0.6) is 0 Å². The maximum absolute atomic E-state index is 6.07. The first-order chi connectivity index (χ1) is 11.3. The quantitative estimate of drug-likeness (QED) is 0.687. The fourth-order valence-electron chi connectivity index (χ4n) is 3.14. The van der Waals surface area contributed by atoms with E-state index in [9.17, 15) is 0 Å². The number of aryl methyl sites for hydroxylation is 1. The molecule has 0 bridgehead atoms. The molecule has 0 N–H and O–H groups in total. The molecule has 7 heteroatoms. The smallest absolute Gasteiger partial charge is 0.107 e. The van der Waals surface area contributed by atoms with Gasteiger partial charge in [0.25, 0.3) is 0 Å². The van der Waals surface area contributed by atoms with Crippen LogP contribution in [0.15, 0.2) is 24.0 Å². The maximum Gasteiger partial charge on any atom is 0.107 e. The summed E-state index contributed by atoms with van der Waals surface area (Å²) in [5.74, 6) is 0. The third kappa shape index (κ3) is 4.38. The average Bonchev–Trinajstić information content (AvgIpc) is 3.26. The molecule has 3 rings (SSSR count). The second kappa shape index (κ2) is 8.01. The second-order valence-electron chi connectivity index (χ2n) is 5.88. The Balaban J connectivity index is 1.67. The molecule has 2 aromatic rings. The highest BCUT2D eigenvalue weighted by Gasteiger charge is 2.35. The number of ether oxygens (including phenoxy) is 2. The van der Waals surface area contributed by atoms with Gasteiger partial charge in [0.05, 0.1) is 32.1 Å². The zero-order valence-corrected chi connectivity index (χ0v) is 14.5. The molecule has 0 unspecified atom stereocenters. The molecule has 1 fully saturated rings. The molecule has 1 aliphatic heterocycles. The van der Waals surface area contributed by atoms with Gasteiger partial charge in [0.15, 0.2) is 0 Å². The van der Waals surface area contributed by atoms with Crippen LogP contribution < -0.4 is 0 Å². The van der Waals surface area contributed by atoms with Crippen molar-refractivity contribution in [2.75, 3.05) is 26.9 Å². The number of rotatable bonds is 8. The van der Waals surface area contributed by atoms with Gasteiger partial charge in [-0.25, -0.2) is 4.98 Å². The molecule has 0 saturated carbocycles. The summed E-state index contributed by atoms with van der Waals surface area (Å²) < 4.78 is 13.0. The number of thiazole rings is 1. The Kier molecular flexibility index (Phi) is 5.77. The van der Waals surface area contributed by atoms with E-state index in [1.165, 1.54) is 10.6 Å². The SMILES string of the molecule is COCCO[C@@H]1CCN(Cc2nccs2)[C@@H]1Cc1cnn(C)c1. The van der Waals surface area contributed by atoms with Crippen LogP contribution in [0.25, 0.3) is 0 Å². The summed E-state index contributed by atoms with van der Waals surface area (Å²) in [4.78, 5) is 6.91. The molecule has 0 aliphatic carbocycles. The first kappa shape index (κ1) is 16.6. The van der Waals surface area contributed by atoms with E-state index in [-0.39, 0.29) is 6.10 Å². The molecule has 0 amide bonds. The van der Waals surface area contributed by atoms with Crippen molar-refractivity contribution in [3.05, 3.63) is 34.5 Å². The summed E-state index contributed by atoms with van der Waals surface area (Å²) in [5, 5.41) is 7.49. The van der Waals surface area contributed by atoms with Crippen molar-refractivity contribution in [3.63, 3.8) is 0 Å². The molecule has 0 aromatic carbocycles. The van der Waals surface area contributed by atoms with E-state index in [4.69, 9.17) is 9.47 Å². The predicted molar refractivity (Wildman–Crippen MR) is 89.5 cm³/mol. The van der Waals surface area contributed by atoms with E-state index in [1.807, 2.05) is 29.5 Å². The van der Waals surface area contributed by atoms with E-state index in [2.05, 4.69) is 21.2 Å². The lowest BCUT2D eigenvalue weighted by Gasteiger charge is -2.27. The summed E-state index contributed by atoms with van der Waals surface area (Å²) in [5.41, 5.74) is 1.25. The number of methoxy groups -OCH3 is 1. The van der Waals surface area contributed by atoms with Crippen LogP contribution in [0.3, 0.4) is 0 Å². The minimum absolute atomic E-state index is 0.241. The second-order valence-corrected chi connectivity index (χ2v) is 6.86. The summed E-state index contributed by atoms with van der Waals surface area (Å²) >= 11 is 1.71. The van der Waals surface area contributed by atoms with E-state index < -0.39 is 0 Å². The molecule has 3 heterocycles. The largest absolute Gasteiger partial charge is 0.382 e. The summed E-state index contributed by atoms with van der Waals surface area (Å²) in [6.45, 7) is 3.23. The lowest BCUT2D eigenvalue weighted by Crippen LogP contribution is -2.38. The maximum atomic E-state index is 6.07. The van der Waals surface area contributed by atoms with Gasteiger partial charge in [-0.2, -0.15) is 5.10 Å². The number of hydrogen-bond acceptors (Lipinski definition) is 6. The molecular weight excluding hydrogens is 312 g/mol. The minimum atomic E-state index is 0.241. The number of likely N-dealkylation sites (tertiary alicyclic amines) is 1. The van der Waals surface area contributed by atoms with Gasteiger partial charge in [-0.15, -0.1) is 11.3 Å². The molecule has 0 spiro atoms. The number of aromatic nitrogens is 3. The standard InChI is InChI=1S/C16H24N4O2S/c1-19-11-13(10-18-19)9-14-15(22-7-6-21-2)3-5-20(14)12-16-17-4-8-23-16/h4,8,10-11,14-15H,3,5-7,9,12H2,1-2H3/t14-,15-/m1/s1. The zero-order chi connectivity index (χ0) is 16.1. The molecule has 126 valence electrons. The molecule has 0 radical (unpaired) electrons. The van der Waals surface area contributed by atoms with Gasteiger partial charge < -0.3 is 9.47 Å². The third-order valence-electron chi connectivity index (χ3n) is 4.24. The summed E-state index contributed by atoms with van der Waals surface area (Å²) in [6.07, 6.45) is 8.17. The lowest BCUT2D eigenvalue weighted by molar-refractivity contribution is -0.00131. The Morgan fingerprint density at radius 2 is 2.30 bits per heavy atom. The Bertz CT molecular complexity index is 587. The molecule has 6 nitrogen and oxygen atoms in total. The molecular formula is C16H24N4O2S. The third-order valence-corrected chi connectivity index (χ3v) is 5.01. The van der Waals surface area contributed by atoms with E-state index in [0.29, 0.717) is 19.3 Å². The highest BCUT2D eigenvalue weighted by molar-refractivity contribution is 7.09. The van der Waals surface area contributed by atoms with Crippen LogP contribution in [0.2, 0.25) is 0 Å². The zero-order valence-electron chi connectivity index (χ0n) is 13.7. The normalized spacial score (nSPS) is 22.0. The average molecular weight is 336 g/mol. The molecule has 2 atom stereocenters. The van der Waals surface area contributed by atoms with Crippen molar-refractivity contribution in [2.45, 2.75) is 31.5 Å². The van der Waals surface area contributed by atoms with Gasteiger partial charge >= 0.3 is 0 Å². The Hall–Kier alpha value is -1.28. The van der Waals surface area contributed by atoms with E-state index >= 15 is 0 Å². The van der Waals surface area contributed by atoms with Crippen molar-refractivity contribution in [2.24, 2.45) is 7.05 Å². The lowest BCUT2D eigenvalue weighted by atomic mass is 10.0. The van der Waals surface area contributed by atoms with Gasteiger partial charge in [-0.1, -0.05) is 0 Å². The highest BCUT2D eigenvalue weighted by Crippen LogP contribution is 2.26. The topological polar surface area (TPSA) is 52.4 Å². The fraction of sp³-hybridized carbons (Fsp3) is 0.625. The summed E-state index contributed by atoms with van der Waals surface area (Å²) in [7, 11) is 3.66. The number of hydrogen-bond donors (Lipinski definition) is 0. The monoisotopic (exact) mass is 336 g/mol. The van der Waals surface area contributed by atoms with Crippen molar-refractivity contribution in [1.82, 2.24) is 19.7 Å². The van der Waals surface area contributed by atoms with Crippen molar-refractivity contribution in [3.8, 4) is 0 Å². The van der Waals surface area contributed by atoms with Crippen molar-refractivity contribution < 1.29 is 9.47 Å². The Morgan fingerprint density at radius 1 is 1.39 bits per heavy atom. The van der Waals surface area contributed by atoms with Crippen LogP contribution in [-0.2, 0) is 29.5 Å². The van der Waals surface area contributed by atoms with E-state index in [0.717, 1.165) is 25.9 Å². The first-order valence-electron chi connectivity index (χ1n) is 7.96. The van der Waals surface area contributed by atoms with Gasteiger partial charge in [0.2, 0.25) is 0 Å². The predicted octanol–water partition coefficient (Wildman–Crippen LogP) is 1.73.